The number of benzene rings is 2. The summed E-state index contributed by atoms with van der Waals surface area (Å²) in [7, 11) is 0. The number of thioether (sulfide) groups is 1. The van der Waals surface area contributed by atoms with Gasteiger partial charge in [-0.3, -0.25) is 4.79 Å². The largest absolute Gasteiger partial charge is 0.390 e. The first-order valence-electron chi connectivity index (χ1n) is 10.5. The molecule has 2 aromatic rings. The van der Waals surface area contributed by atoms with Crippen LogP contribution in [0.15, 0.2) is 53.4 Å². The van der Waals surface area contributed by atoms with Crippen LogP contribution in [-0.2, 0) is 10.5 Å². The van der Waals surface area contributed by atoms with Crippen molar-refractivity contribution in [2.45, 2.75) is 54.5 Å². The third-order valence-electron chi connectivity index (χ3n) is 6.14. The van der Waals surface area contributed by atoms with Crippen molar-refractivity contribution in [1.29, 1.82) is 0 Å². The molecule has 2 aromatic carbocycles. The number of ether oxygens (including phenoxy) is 1. The second kappa shape index (κ2) is 8.69. The number of carbonyl (C=O) groups excluding carboxylic acids is 1. The van der Waals surface area contributed by atoms with E-state index in [0.717, 1.165) is 23.3 Å². The second-order valence-electron chi connectivity index (χ2n) is 8.66. The summed E-state index contributed by atoms with van der Waals surface area (Å²) in [6.45, 7) is 3.71. The maximum Gasteiger partial charge on any atom is 0.254 e. The number of piperidine rings is 1. The van der Waals surface area contributed by atoms with E-state index >= 15 is 0 Å². The smallest absolute Gasteiger partial charge is 0.254 e. The van der Waals surface area contributed by atoms with E-state index in [2.05, 4.69) is 0 Å². The van der Waals surface area contributed by atoms with Crippen molar-refractivity contribution in [1.82, 2.24) is 4.90 Å². The van der Waals surface area contributed by atoms with Crippen molar-refractivity contribution in [3.63, 3.8) is 0 Å². The van der Waals surface area contributed by atoms with Gasteiger partial charge in [-0.2, -0.15) is 0 Å². The van der Waals surface area contributed by atoms with Crippen LogP contribution in [0.25, 0.3) is 0 Å². The van der Waals surface area contributed by atoms with E-state index in [1.165, 1.54) is 12.1 Å². The predicted molar refractivity (Wildman–Crippen MR) is 116 cm³/mol. The van der Waals surface area contributed by atoms with Crippen LogP contribution in [-0.4, -0.2) is 46.8 Å². The van der Waals surface area contributed by atoms with Crippen LogP contribution in [0.1, 0.15) is 48.5 Å². The molecule has 4 nitrogen and oxygen atoms in total. The molecule has 2 aliphatic rings. The Morgan fingerprint density at radius 2 is 1.83 bits per heavy atom. The number of aliphatic hydroxyl groups is 1. The van der Waals surface area contributed by atoms with Gasteiger partial charge in [0.05, 0.1) is 23.4 Å². The first kappa shape index (κ1) is 21.3. The van der Waals surface area contributed by atoms with E-state index in [0.29, 0.717) is 43.9 Å². The summed E-state index contributed by atoms with van der Waals surface area (Å²) in [4.78, 5) is 16.1. The first-order chi connectivity index (χ1) is 14.4. The molecular weight excluding hydrogens is 401 g/mol. The van der Waals surface area contributed by atoms with Crippen LogP contribution in [0.2, 0.25) is 0 Å². The molecule has 2 heterocycles. The van der Waals surface area contributed by atoms with Gasteiger partial charge >= 0.3 is 0 Å². The molecule has 0 aromatic heterocycles. The standard InChI is InChI=1S/C24H28FNO3S/c1-23(28)12-15-29-24(17-23)10-13-26(14-11-24)22(27)20-4-2-3-5-21(20)30-16-18-6-8-19(25)9-7-18/h2-9,28H,10-17H2,1H3. The second-order valence-corrected chi connectivity index (χ2v) is 9.68. The van der Waals surface area contributed by atoms with Crippen LogP contribution in [0.5, 0.6) is 0 Å². The van der Waals surface area contributed by atoms with Gasteiger partial charge in [0.25, 0.3) is 5.91 Å². The molecule has 0 radical (unpaired) electrons. The van der Waals surface area contributed by atoms with E-state index in [1.807, 2.05) is 36.1 Å². The Kier molecular flexibility index (Phi) is 6.19. The molecule has 1 spiro atoms. The van der Waals surface area contributed by atoms with E-state index in [-0.39, 0.29) is 17.3 Å². The summed E-state index contributed by atoms with van der Waals surface area (Å²) in [6.07, 6.45) is 2.79. The summed E-state index contributed by atoms with van der Waals surface area (Å²) >= 11 is 1.59. The van der Waals surface area contributed by atoms with Gasteiger partial charge in [-0.1, -0.05) is 24.3 Å². The highest BCUT2D eigenvalue weighted by Gasteiger charge is 2.45. The molecule has 1 N–H and O–H groups in total. The molecule has 160 valence electrons. The minimum absolute atomic E-state index is 0.0367. The number of hydrogen-bond donors (Lipinski definition) is 1. The quantitative estimate of drug-likeness (QED) is 0.719. The normalized spacial score (nSPS) is 23.5. The Balaban J connectivity index is 1.41. The lowest BCUT2D eigenvalue weighted by atomic mass is 9.78. The lowest BCUT2D eigenvalue weighted by molar-refractivity contribution is -0.170. The zero-order chi connectivity index (χ0) is 21.2. The van der Waals surface area contributed by atoms with Gasteiger partial charge in [0.2, 0.25) is 0 Å². The zero-order valence-electron chi connectivity index (χ0n) is 17.3. The minimum atomic E-state index is -0.686. The van der Waals surface area contributed by atoms with Crippen molar-refractivity contribution in [3.8, 4) is 0 Å². The molecule has 2 saturated heterocycles. The van der Waals surface area contributed by atoms with E-state index in [4.69, 9.17) is 4.74 Å². The highest BCUT2D eigenvalue weighted by molar-refractivity contribution is 7.98. The fourth-order valence-corrected chi connectivity index (χ4v) is 5.44. The van der Waals surface area contributed by atoms with Crippen LogP contribution in [0.4, 0.5) is 4.39 Å². The van der Waals surface area contributed by atoms with Crippen molar-refractivity contribution in [2.24, 2.45) is 0 Å². The van der Waals surface area contributed by atoms with Crippen LogP contribution >= 0.6 is 11.8 Å². The number of likely N-dealkylation sites (tertiary alicyclic amines) is 1. The van der Waals surface area contributed by atoms with Gasteiger partial charge in [0.15, 0.2) is 0 Å². The number of amides is 1. The van der Waals surface area contributed by atoms with Gasteiger partial charge in [0.1, 0.15) is 5.82 Å². The molecule has 0 saturated carbocycles. The number of hydrogen-bond acceptors (Lipinski definition) is 4. The maximum atomic E-state index is 13.2. The van der Waals surface area contributed by atoms with Crippen molar-refractivity contribution in [2.75, 3.05) is 19.7 Å². The van der Waals surface area contributed by atoms with E-state index < -0.39 is 5.60 Å². The maximum absolute atomic E-state index is 13.2. The molecular formula is C24H28FNO3S. The van der Waals surface area contributed by atoms with Crippen LogP contribution in [0, 0.1) is 5.82 Å². The fraction of sp³-hybridized carbons (Fsp3) is 0.458. The topological polar surface area (TPSA) is 49.8 Å². The number of halogens is 1. The molecule has 30 heavy (non-hydrogen) atoms. The fourth-order valence-electron chi connectivity index (χ4n) is 4.44. The number of carbonyl (C=O) groups is 1. The predicted octanol–water partition coefficient (Wildman–Crippen LogP) is 4.65. The van der Waals surface area contributed by atoms with Crippen molar-refractivity contribution in [3.05, 3.63) is 65.5 Å². The van der Waals surface area contributed by atoms with E-state index in [1.54, 1.807) is 23.9 Å². The molecule has 2 aliphatic heterocycles. The Labute approximate surface area is 181 Å². The summed E-state index contributed by atoms with van der Waals surface area (Å²) < 4.78 is 19.2. The van der Waals surface area contributed by atoms with Crippen LogP contribution < -0.4 is 0 Å². The summed E-state index contributed by atoms with van der Waals surface area (Å²) in [5.74, 6) is 0.469. The molecule has 1 unspecified atom stereocenters. The lowest BCUT2D eigenvalue weighted by Gasteiger charge is -2.48. The minimum Gasteiger partial charge on any atom is -0.390 e. The average Bonchev–Trinajstić information content (AvgIpc) is 2.73. The third-order valence-corrected chi connectivity index (χ3v) is 7.28. The Bertz CT molecular complexity index is 892. The number of nitrogens with zero attached hydrogens (tertiary/aromatic N) is 1. The van der Waals surface area contributed by atoms with Gasteiger partial charge in [-0.15, -0.1) is 11.8 Å². The van der Waals surface area contributed by atoms with Gasteiger partial charge < -0.3 is 14.7 Å². The molecule has 0 bridgehead atoms. The first-order valence-corrected chi connectivity index (χ1v) is 11.5. The Hall–Kier alpha value is -1.89. The summed E-state index contributed by atoms with van der Waals surface area (Å²) in [6, 6.07) is 14.1. The molecule has 1 atom stereocenters. The summed E-state index contributed by atoms with van der Waals surface area (Å²) in [5.41, 5.74) is 0.728. The molecule has 4 rings (SSSR count). The lowest BCUT2D eigenvalue weighted by Crippen LogP contribution is -2.54. The summed E-state index contributed by atoms with van der Waals surface area (Å²) in [5, 5.41) is 10.5. The molecule has 6 heteroatoms. The Morgan fingerprint density at radius 3 is 2.53 bits per heavy atom. The monoisotopic (exact) mass is 429 g/mol. The van der Waals surface area contributed by atoms with Crippen molar-refractivity contribution >= 4 is 17.7 Å². The highest BCUT2D eigenvalue weighted by atomic mass is 32.2. The molecule has 2 fully saturated rings. The molecule has 1 amide bonds. The number of rotatable bonds is 4. The Morgan fingerprint density at radius 1 is 1.13 bits per heavy atom. The SMILES string of the molecule is CC1(O)CCOC2(CCN(C(=O)c3ccccc3SCc3ccc(F)cc3)CC2)C1. The van der Waals surface area contributed by atoms with Gasteiger partial charge in [-0.05, 0) is 56.0 Å². The average molecular weight is 430 g/mol. The third kappa shape index (κ3) is 4.88. The van der Waals surface area contributed by atoms with Crippen LogP contribution in [0.3, 0.4) is 0 Å². The molecule has 0 aliphatic carbocycles. The van der Waals surface area contributed by atoms with Crippen molar-refractivity contribution < 1.29 is 19.0 Å². The van der Waals surface area contributed by atoms with Gasteiger partial charge in [-0.25, -0.2) is 4.39 Å². The zero-order valence-corrected chi connectivity index (χ0v) is 18.1. The highest BCUT2D eigenvalue weighted by Crippen LogP contribution is 2.40. The van der Waals surface area contributed by atoms with E-state index in [9.17, 15) is 14.3 Å². The van der Waals surface area contributed by atoms with Gasteiger partial charge in [0, 0.05) is 30.2 Å².